The predicted octanol–water partition coefficient (Wildman–Crippen LogP) is 2.75. The van der Waals surface area contributed by atoms with Gasteiger partial charge in [-0.15, -0.1) is 0 Å². The van der Waals surface area contributed by atoms with Gasteiger partial charge in [0.15, 0.2) is 5.69 Å². The molecule has 0 atom stereocenters. The molecular weight excluding hydrogens is 324 g/mol. The highest BCUT2D eigenvalue weighted by atomic mass is 16.2. The third kappa shape index (κ3) is 3.05. The van der Waals surface area contributed by atoms with Crippen LogP contribution in [0.5, 0.6) is 0 Å². The van der Waals surface area contributed by atoms with Crippen LogP contribution in [0.15, 0.2) is 24.3 Å². The van der Waals surface area contributed by atoms with Gasteiger partial charge in [-0.05, 0) is 69.3 Å². The normalized spacial score (nSPS) is 17.3. The minimum Gasteiger partial charge on any atom is -0.337 e. The highest BCUT2D eigenvalue weighted by molar-refractivity contribution is 5.94. The van der Waals surface area contributed by atoms with E-state index < -0.39 is 0 Å². The first-order chi connectivity index (χ1) is 12.7. The molecule has 5 nitrogen and oxygen atoms in total. The van der Waals surface area contributed by atoms with Gasteiger partial charge < -0.3 is 10.2 Å². The quantitative estimate of drug-likeness (QED) is 0.920. The molecule has 0 saturated carbocycles. The van der Waals surface area contributed by atoms with E-state index in [9.17, 15) is 4.79 Å². The van der Waals surface area contributed by atoms with E-state index in [0.717, 1.165) is 62.9 Å². The molecule has 0 unspecified atom stereocenters. The lowest BCUT2D eigenvalue weighted by Gasteiger charge is -2.31. The van der Waals surface area contributed by atoms with E-state index in [4.69, 9.17) is 5.10 Å². The van der Waals surface area contributed by atoms with Crippen LogP contribution in [0.4, 0.5) is 0 Å². The molecule has 0 bridgehead atoms. The van der Waals surface area contributed by atoms with Gasteiger partial charge in [0, 0.05) is 24.3 Å². The third-order valence-electron chi connectivity index (χ3n) is 5.90. The first-order valence-electron chi connectivity index (χ1n) is 9.87. The number of benzene rings is 1. The van der Waals surface area contributed by atoms with Gasteiger partial charge in [-0.25, -0.2) is 4.68 Å². The summed E-state index contributed by atoms with van der Waals surface area (Å²) in [5.41, 5.74) is 5.42. The Labute approximate surface area is 155 Å². The van der Waals surface area contributed by atoms with Crippen molar-refractivity contribution in [3.05, 3.63) is 46.8 Å². The zero-order chi connectivity index (χ0) is 18.1. The second-order valence-electron chi connectivity index (χ2n) is 7.46. The molecule has 1 aliphatic heterocycles. The van der Waals surface area contributed by atoms with E-state index in [1.54, 1.807) is 0 Å². The van der Waals surface area contributed by atoms with Crippen molar-refractivity contribution in [3.63, 3.8) is 0 Å². The van der Waals surface area contributed by atoms with Crippen LogP contribution in [0.3, 0.4) is 0 Å². The van der Waals surface area contributed by atoms with E-state index in [1.807, 2.05) is 16.6 Å². The minimum absolute atomic E-state index is 0.0824. The van der Waals surface area contributed by atoms with Crippen LogP contribution in [0.25, 0.3) is 5.69 Å². The van der Waals surface area contributed by atoms with Crippen LogP contribution in [0.1, 0.15) is 53.5 Å². The van der Waals surface area contributed by atoms with Crippen molar-refractivity contribution in [3.8, 4) is 5.69 Å². The van der Waals surface area contributed by atoms with Crippen molar-refractivity contribution in [1.29, 1.82) is 0 Å². The molecule has 138 valence electrons. The molecule has 0 radical (unpaired) electrons. The highest BCUT2D eigenvalue weighted by Gasteiger charge is 2.31. The average molecular weight is 352 g/mol. The monoisotopic (exact) mass is 352 g/mol. The highest BCUT2D eigenvalue weighted by Crippen LogP contribution is 2.29. The topological polar surface area (TPSA) is 50.2 Å². The van der Waals surface area contributed by atoms with Crippen molar-refractivity contribution < 1.29 is 4.79 Å². The molecule has 2 aromatic rings. The van der Waals surface area contributed by atoms with E-state index in [2.05, 4.69) is 36.5 Å². The lowest BCUT2D eigenvalue weighted by Crippen LogP contribution is -2.44. The van der Waals surface area contributed by atoms with Crippen molar-refractivity contribution >= 4 is 5.91 Å². The first kappa shape index (κ1) is 17.3. The molecule has 1 aromatic heterocycles. The first-order valence-corrected chi connectivity index (χ1v) is 9.87. The number of amides is 1. The Balaban J connectivity index is 1.65. The molecule has 2 heterocycles. The Kier molecular flexibility index (Phi) is 4.81. The fourth-order valence-electron chi connectivity index (χ4n) is 4.22. The maximum atomic E-state index is 13.2. The van der Waals surface area contributed by atoms with Gasteiger partial charge in [-0.3, -0.25) is 4.79 Å². The summed E-state index contributed by atoms with van der Waals surface area (Å²) in [7, 11) is 1.94. The van der Waals surface area contributed by atoms with Gasteiger partial charge in [0.1, 0.15) is 0 Å². The number of carbonyl (C=O) groups excluding carboxylic acids is 1. The number of piperidine rings is 1. The van der Waals surface area contributed by atoms with E-state index in [1.165, 1.54) is 11.3 Å². The molecule has 1 fully saturated rings. The number of carbonyl (C=O) groups is 1. The van der Waals surface area contributed by atoms with Crippen LogP contribution in [0.2, 0.25) is 0 Å². The van der Waals surface area contributed by atoms with Gasteiger partial charge in [0.05, 0.1) is 5.69 Å². The van der Waals surface area contributed by atoms with Crippen LogP contribution >= 0.6 is 0 Å². The smallest absolute Gasteiger partial charge is 0.274 e. The van der Waals surface area contributed by atoms with Gasteiger partial charge in [0.25, 0.3) is 5.91 Å². The zero-order valence-corrected chi connectivity index (χ0v) is 15.8. The maximum absolute atomic E-state index is 13.2. The number of aryl methyl sites for hydroxylation is 1. The molecule has 4 rings (SSSR count). The molecule has 1 amide bonds. The van der Waals surface area contributed by atoms with E-state index in [-0.39, 0.29) is 5.91 Å². The number of rotatable bonds is 4. The van der Waals surface area contributed by atoms with Gasteiger partial charge >= 0.3 is 0 Å². The summed E-state index contributed by atoms with van der Waals surface area (Å²) < 4.78 is 2.01. The summed E-state index contributed by atoms with van der Waals surface area (Å²) in [4.78, 5) is 15.1. The molecular formula is C21H28N4O. The lowest BCUT2D eigenvalue weighted by atomic mass is 10.0. The maximum Gasteiger partial charge on any atom is 0.274 e. The zero-order valence-electron chi connectivity index (χ0n) is 15.8. The van der Waals surface area contributed by atoms with Crippen molar-refractivity contribution in [1.82, 2.24) is 20.0 Å². The number of nitrogens with zero attached hydrogens (tertiary/aromatic N) is 3. The average Bonchev–Trinajstić information content (AvgIpc) is 3.30. The third-order valence-corrected chi connectivity index (χ3v) is 5.90. The summed E-state index contributed by atoms with van der Waals surface area (Å²) in [5, 5.41) is 8.15. The van der Waals surface area contributed by atoms with Crippen LogP contribution in [-0.4, -0.2) is 46.8 Å². The largest absolute Gasteiger partial charge is 0.337 e. The number of aromatic nitrogens is 2. The van der Waals surface area contributed by atoms with Crippen molar-refractivity contribution in [2.75, 3.05) is 20.1 Å². The predicted molar refractivity (Wildman–Crippen MR) is 103 cm³/mol. The van der Waals surface area contributed by atoms with Crippen LogP contribution < -0.4 is 5.32 Å². The van der Waals surface area contributed by atoms with Gasteiger partial charge in [-0.1, -0.05) is 19.1 Å². The number of hydrogen-bond donors (Lipinski definition) is 1. The van der Waals surface area contributed by atoms with E-state index >= 15 is 0 Å². The fraction of sp³-hybridized carbons (Fsp3) is 0.524. The summed E-state index contributed by atoms with van der Waals surface area (Å²) in [6.07, 6.45) is 6.14. The Bertz CT molecular complexity index is 787. The fourth-order valence-corrected chi connectivity index (χ4v) is 4.22. The Morgan fingerprint density at radius 1 is 1.23 bits per heavy atom. The Morgan fingerprint density at radius 3 is 2.65 bits per heavy atom. The number of nitrogens with one attached hydrogen (secondary N) is 1. The van der Waals surface area contributed by atoms with Crippen molar-refractivity contribution in [2.45, 2.75) is 51.5 Å². The molecule has 1 N–H and O–H groups in total. The second-order valence-corrected chi connectivity index (χ2v) is 7.46. The lowest BCUT2D eigenvalue weighted by molar-refractivity contribution is 0.0695. The Morgan fingerprint density at radius 2 is 1.96 bits per heavy atom. The summed E-state index contributed by atoms with van der Waals surface area (Å²) in [5.74, 6) is 0.0824. The molecule has 1 aromatic carbocycles. The van der Waals surface area contributed by atoms with E-state index in [0.29, 0.717) is 11.7 Å². The minimum atomic E-state index is 0.0824. The standard InChI is InChI=1S/C21H28N4O/c1-3-15-7-9-17(10-8-15)25-19-6-4-5-18(19)20(23-25)21(26)24(2)16-11-13-22-14-12-16/h7-10,16,22H,3-6,11-14H2,1-2H3. The molecule has 2 aliphatic rings. The molecule has 1 aliphatic carbocycles. The SMILES string of the molecule is CCc1ccc(-n2nc(C(=O)N(C)C3CCNCC3)c3c2CCC3)cc1. The molecule has 5 heteroatoms. The van der Waals surface area contributed by atoms with Gasteiger partial charge in [0.2, 0.25) is 0 Å². The summed E-state index contributed by atoms with van der Waals surface area (Å²) in [6.45, 7) is 4.13. The summed E-state index contributed by atoms with van der Waals surface area (Å²) >= 11 is 0. The van der Waals surface area contributed by atoms with Crippen LogP contribution in [-0.2, 0) is 19.3 Å². The summed E-state index contributed by atoms with van der Waals surface area (Å²) in [6, 6.07) is 8.86. The van der Waals surface area contributed by atoms with Crippen LogP contribution in [0, 0.1) is 0 Å². The Hall–Kier alpha value is -2.14. The van der Waals surface area contributed by atoms with Crippen molar-refractivity contribution in [2.24, 2.45) is 0 Å². The molecule has 1 saturated heterocycles. The molecule has 26 heavy (non-hydrogen) atoms. The number of fused-ring (bicyclic) bond motifs is 1. The van der Waals surface area contributed by atoms with Gasteiger partial charge in [-0.2, -0.15) is 5.10 Å². The molecule has 0 spiro atoms. The number of hydrogen-bond acceptors (Lipinski definition) is 3. The second kappa shape index (κ2) is 7.23.